The molecule has 1 aromatic carbocycles. The fraction of sp³-hybridized carbons (Fsp3) is 0.474. The Balaban J connectivity index is 2.79. The van der Waals surface area contributed by atoms with Gasteiger partial charge in [-0.3, -0.25) is 4.99 Å². The van der Waals surface area contributed by atoms with Gasteiger partial charge in [0, 0.05) is 12.4 Å². The Bertz CT molecular complexity index is 582. The van der Waals surface area contributed by atoms with Gasteiger partial charge in [0.25, 0.3) is 0 Å². The fourth-order valence-corrected chi connectivity index (χ4v) is 2.41. The summed E-state index contributed by atoms with van der Waals surface area (Å²) < 4.78 is 14.1. The normalized spacial score (nSPS) is 14.8. The molecule has 0 spiro atoms. The molecule has 3 heteroatoms. The highest BCUT2D eigenvalue weighted by atomic mass is 19.1. The van der Waals surface area contributed by atoms with Gasteiger partial charge in [0.1, 0.15) is 5.82 Å². The van der Waals surface area contributed by atoms with E-state index < -0.39 is 0 Å². The molecule has 0 amide bonds. The van der Waals surface area contributed by atoms with Gasteiger partial charge in [0.05, 0.1) is 11.6 Å². The van der Waals surface area contributed by atoms with Crippen LogP contribution >= 0.6 is 0 Å². The molecule has 0 bridgehead atoms. The Hall–Kier alpha value is -1.95. The van der Waals surface area contributed by atoms with E-state index in [-0.39, 0.29) is 11.7 Å². The van der Waals surface area contributed by atoms with E-state index in [9.17, 15) is 4.39 Å². The lowest BCUT2D eigenvalue weighted by molar-refractivity contribution is 0.551. The molecule has 2 atom stereocenters. The Morgan fingerprint density at radius 1 is 1.41 bits per heavy atom. The van der Waals surface area contributed by atoms with Crippen molar-refractivity contribution in [3.05, 3.63) is 46.9 Å². The van der Waals surface area contributed by atoms with Crippen LogP contribution < -0.4 is 0 Å². The molecule has 0 fully saturated rings. The minimum Gasteiger partial charge on any atom is -0.269 e. The third-order valence-electron chi connectivity index (χ3n) is 4.16. The van der Waals surface area contributed by atoms with Crippen LogP contribution in [-0.4, -0.2) is 6.21 Å². The summed E-state index contributed by atoms with van der Waals surface area (Å²) in [6.45, 7) is 8.29. The molecule has 0 aliphatic rings. The number of nitriles is 1. The Morgan fingerprint density at radius 2 is 2.14 bits per heavy atom. The maximum atomic E-state index is 14.1. The van der Waals surface area contributed by atoms with Crippen molar-refractivity contribution in [3.63, 3.8) is 0 Å². The van der Waals surface area contributed by atoms with Crippen molar-refractivity contribution in [2.24, 2.45) is 10.9 Å². The van der Waals surface area contributed by atoms with Crippen LogP contribution in [0.1, 0.15) is 64.0 Å². The molecule has 0 saturated heterocycles. The largest absolute Gasteiger partial charge is 0.269 e. The monoisotopic (exact) mass is 300 g/mol. The molecule has 0 aliphatic carbocycles. The SMILES string of the molecule is C/C=N\C=C(\CCC(C)c1ccc(C#N)cc1F)C(C)CC. The quantitative estimate of drug-likeness (QED) is 0.603. The smallest absolute Gasteiger partial charge is 0.127 e. The van der Waals surface area contributed by atoms with Crippen LogP contribution in [0.5, 0.6) is 0 Å². The van der Waals surface area contributed by atoms with Crippen LogP contribution in [0.3, 0.4) is 0 Å². The second-order valence-corrected chi connectivity index (χ2v) is 5.71. The lowest BCUT2D eigenvalue weighted by atomic mass is 9.89. The van der Waals surface area contributed by atoms with Crippen LogP contribution in [0.2, 0.25) is 0 Å². The van der Waals surface area contributed by atoms with E-state index in [1.54, 1.807) is 18.3 Å². The molecular weight excluding hydrogens is 275 g/mol. The topological polar surface area (TPSA) is 36.1 Å². The Kier molecular flexibility index (Phi) is 7.52. The van der Waals surface area contributed by atoms with Crippen LogP contribution in [0.15, 0.2) is 35.0 Å². The number of hydrogen-bond acceptors (Lipinski definition) is 2. The number of allylic oxidation sites excluding steroid dienone is 1. The lowest BCUT2D eigenvalue weighted by Crippen LogP contribution is -2.03. The van der Waals surface area contributed by atoms with E-state index in [2.05, 4.69) is 18.8 Å². The van der Waals surface area contributed by atoms with Crippen LogP contribution in [0.4, 0.5) is 4.39 Å². The molecule has 1 aromatic rings. The summed E-state index contributed by atoms with van der Waals surface area (Å²) in [6, 6.07) is 6.70. The van der Waals surface area contributed by atoms with Gasteiger partial charge in [-0.2, -0.15) is 5.26 Å². The number of nitrogens with zero attached hydrogens (tertiary/aromatic N) is 2. The first-order valence-electron chi connectivity index (χ1n) is 7.89. The van der Waals surface area contributed by atoms with Crippen molar-refractivity contribution in [2.75, 3.05) is 0 Å². The van der Waals surface area contributed by atoms with Crippen LogP contribution in [-0.2, 0) is 0 Å². The summed E-state index contributed by atoms with van der Waals surface area (Å²) in [5.41, 5.74) is 2.36. The second kappa shape index (κ2) is 9.15. The number of benzene rings is 1. The predicted molar refractivity (Wildman–Crippen MR) is 90.5 cm³/mol. The first-order valence-corrected chi connectivity index (χ1v) is 7.89. The molecule has 0 aromatic heterocycles. The van der Waals surface area contributed by atoms with Crippen LogP contribution in [0, 0.1) is 23.1 Å². The Labute approximate surface area is 133 Å². The molecule has 0 aliphatic heterocycles. The number of aliphatic imine (C=N–C) groups is 1. The third-order valence-corrected chi connectivity index (χ3v) is 4.16. The molecule has 0 heterocycles. The van der Waals surface area contributed by atoms with E-state index >= 15 is 0 Å². The second-order valence-electron chi connectivity index (χ2n) is 5.71. The van der Waals surface area contributed by atoms with Gasteiger partial charge in [0.2, 0.25) is 0 Å². The van der Waals surface area contributed by atoms with E-state index in [1.807, 2.05) is 26.1 Å². The number of rotatable bonds is 7. The maximum Gasteiger partial charge on any atom is 0.127 e. The maximum absolute atomic E-state index is 14.1. The van der Waals surface area contributed by atoms with E-state index in [1.165, 1.54) is 11.6 Å². The van der Waals surface area contributed by atoms with Gasteiger partial charge in [-0.15, -0.1) is 0 Å². The molecule has 0 radical (unpaired) electrons. The zero-order valence-electron chi connectivity index (χ0n) is 13.9. The zero-order chi connectivity index (χ0) is 16.5. The van der Waals surface area contributed by atoms with E-state index in [0.717, 1.165) is 19.3 Å². The number of halogens is 1. The number of hydrogen-bond donors (Lipinski definition) is 0. The van der Waals surface area contributed by atoms with Gasteiger partial charge in [-0.25, -0.2) is 4.39 Å². The standard InChI is InChI=1S/C19H25FN2/c1-5-14(3)17(13-22-6-2)9-7-15(4)18-10-8-16(12-21)11-19(18)20/h6,8,10-11,13-15H,5,7,9H2,1-4H3/b17-13-,22-6-. The van der Waals surface area contributed by atoms with Gasteiger partial charge >= 0.3 is 0 Å². The fourth-order valence-electron chi connectivity index (χ4n) is 2.41. The highest BCUT2D eigenvalue weighted by Gasteiger charge is 2.14. The molecule has 2 unspecified atom stereocenters. The first-order chi connectivity index (χ1) is 10.5. The molecule has 22 heavy (non-hydrogen) atoms. The van der Waals surface area contributed by atoms with Crippen molar-refractivity contribution in [1.29, 1.82) is 5.26 Å². The molecule has 0 N–H and O–H groups in total. The van der Waals surface area contributed by atoms with Crippen molar-refractivity contribution >= 4 is 6.21 Å². The third kappa shape index (κ3) is 5.11. The summed E-state index contributed by atoms with van der Waals surface area (Å²) in [7, 11) is 0. The van der Waals surface area contributed by atoms with Gasteiger partial charge in [-0.1, -0.05) is 26.8 Å². The van der Waals surface area contributed by atoms with E-state index in [4.69, 9.17) is 5.26 Å². The molecule has 1 rings (SSSR count). The average Bonchev–Trinajstić information content (AvgIpc) is 2.53. The summed E-state index contributed by atoms with van der Waals surface area (Å²) in [5.74, 6) is 0.319. The van der Waals surface area contributed by atoms with Crippen molar-refractivity contribution in [3.8, 4) is 6.07 Å². The lowest BCUT2D eigenvalue weighted by Gasteiger charge is -2.17. The highest BCUT2D eigenvalue weighted by Crippen LogP contribution is 2.28. The first kappa shape index (κ1) is 18.1. The molecule has 0 saturated carbocycles. The average molecular weight is 300 g/mol. The predicted octanol–water partition coefficient (Wildman–Crippen LogP) is 5.60. The Morgan fingerprint density at radius 3 is 2.68 bits per heavy atom. The van der Waals surface area contributed by atoms with E-state index in [0.29, 0.717) is 17.0 Å². The molecule has 118 valence electrons. The highest BCUT2D eigenvalue weighted by molar-refractivity contribution is 5.54. The summed E-state index contributed by atoms with van der Waals surface area (Å²) in [6.07, 6.45) is 6.58. The van der Waals surface area contributed by atoms with Crippen molar-refractivity contribution < 1.29 is 4.39 Å². The summed E-state index contributed by atoms with van der Waals surface area (Å²) in [4.78, 5) is 4.23. The zero-order valence-corrected chi connectivity index (χ0v) is 13.9. The summed E-state index contributed by atoms with van der Waals surface area (Å²) in [5, 5.41) is 8.80. The minimum atomic E-state index is -0.285. The summed E-state index contributed by atoms with van der Waals surface area (Å²) >= 11 is 0. The van der Waals surface area contributed by atoms with Crippen molar-refractivity contribution in [2.45, 2.75) is 52.9 Å². The molecule has 2 nitrogen and oxygen atoms in total. The van der Waals surface area contributed by atoms with Gasteiger partial charge < -0.3 is 0 Å². The molecular formula is C19H25FN2. The van der Waals surface area contributed by atoms with Gasteiger partial charge in [0.15, 0.2) is 0 Å². The van der Waals surface area contributed by atoms with Crippen molar-refractivity contribution in [1.82, 2.24) is 0 Å². The minimum absolute atomic E-state index is 0.116. The van der Waals surface area contributed by atoms with Gasteiger partial charge in [-0.05, 0) is 61.3 Å². The van der Waals surface area contributed by atoms with Crippen LogP contribution in [0.25, 0.3) is 0 Å².